The number of hydrogen-bond donors (Lipinski definition) is 2. The van der Waals surface area contributed by atoms with E-state index in [1.165, 1.54) is 0 Å². The van der Waals surface area contributed by atoms with E-state index < -0.39 is 10.0 Å². The van der Waals surface area contributed by atoms with Crippen molar-refractivity contribution in [1.29, 1.82) is 0 Å². The van der Waals surface area contributed by atoms with Gasteiger partial charge in [0.2, 0.25) is 0 Å². The van der Waals surface area contributed by atoms with Gasteiger partial charge in [-0.3, -0.25) is 4.72 Å². The van der Waals surface area contributed by atoms with E-state index in [9.17, 15) is 8.42 Å². The average Bonchev–Trinajstić information content (AvgIpc) is 2.96. The van der Waals surface area contributed by atoms with Crippen molar-refractivity contribution in [2.45, 2.75) is 18.7 Å². The molecule has 0 aliphatic rings. The molecule has 0 unspecified atom stereocenters. The number of benzene rings is 3. The highest BCUT2D eigenvalue weighted by atomic mass is 32.2. The molecule has 0 saturated heterocycles. The minimum Gasteiger partial charge on any atom is -0.377 e. The smallest absolute Gasteiger partial charge is 0.262 e. The van der Waals surface area contributed by atoms with Crippen LogP contribution < -0.4 is 9.62 Å². The molecule has 28 heavy (non-hydrogen) atoms. The number of aryl methyl sites for hydroxylation is 2. The lowest BCUT2D eigenvalue weighted by molar-refractivity contribution is 0.602. The van der Waals surface area contributed by atoms with Gasteiger partial charge in [0, 0.05) is 41.6 Å². The number of rotatable bonds is 4. The van der Waals surface area contributed by atoms with Gasteiger partial charge >= 0.3 is 0 Å². The number of fused-ring (bicyclic) bond motifs is 2. The Kier molecular flexibility index (Phi) is 4.31. The van der Waals surface area contributed by atoms with Crippen LogP contribution >= 0.6 is 0 Å². The van der Waals surface area contributed by atoms with E-state index >= 15 is 0 Å². The molecule has 5 nitrogen and oxygen atoms in total. The number of aromatic amines is 1. The summed E-state index contributed by atoms with van der Waals surface area (Å²) in [6.07, 6.45) is 0. The van der Waals surface area contributed by atoms with Crippen LogP contribution in [0.2, 0.25) is 0 Å². The van der Waals surface area contributed by atoms with Crippen molar-refractivity contribution in [3.8, 4) is 0 Å². The number of hydrogen-bond acceptors (Lipinski definition) is 3. The van der Waals surface area contributed by atoms with Gasteiger partial charge in [0.15, 0.2) is 0 Å². The zero-order valence-corrected chi connectivity index (χ0v) is 17.2. The van der Waals surface area contributed by atoms with Crippen molar-refractivity contribution < 1.29 is 8.42 Å². The Balaban J connectivity index is 1.87. The zero-order chi connectivity index (χ0) is 20.1. The summed E-state index contributed by atoms with van der Waals surface area (Å²) in [7, 11) is 0.132. The zero-order valence-electron chi connectivity index (χ0n) is 16.4. The van der Waals surface area contributed by atoms with E-state index in [4.69, 9.17) is 0 Å². The maximum atomic E-state index is 13.3. The Labute approximate surface area is 165 Å². The summed E-state index contributed by atoms with van der Waals surface area (Å²) in [6, 6.07) is 16.7. The molecule has 0 atom stereocenters. The molecular weight excluding hydrogens is 370 g/mol. The van der Waals surface area contributed by atoms with E-state index in [0.29, 0.717) is 11.1 Å². The molecule has 3 aromatic carbocycles. The Morgan fingerprint density at radius 3 is 2.25 bits per heavy atom. The van der Waals surface area contributed by atoms with E-state index in [1.54, 1.807) is 18.2 Å². The molecule has 0 aliphatic carbocycles. The van der Waals surface area contributed by atoms with Crippen LogP contribution in [0, 0.1) is 13.8 Å². The summed E-state index contributed by atoms with van der Waals surface area (Å²) in [4.78, 5) is 5.55. The summed E-state index contributed by atoms with van der Waals surface area (Å²) in [5.74, 6) is 0. The first kappa shape index (κ1) is 18.4. The quantitative estimate of drug-likeness (QED) is 0.523. The molecule has 4 rings (SSSR count). The van der Waals surface area contributed by atoms with E-state index in [2.05, 4.69) is 9.71 Å². The number of para-hydroxylation sites is 1. The molecule has 0 amide bonds. The Morgan fingerprint density at radius 1 is 0.857 bits per heavy atom. The Bertz CT molecular complexity index is 1300. The summed E-state index contributed by atoms with van der Waals surface area (Å²) in [5, 5.41) is 2.62. The van der Waals surface area contributed by atoms with Gasteiger partial charge < -0.3 is 9.88 Å². The lowest BCUT2D eigenvalue weighted by Crippen LogP contribution is -2.14. The second-order valence-corrected chi connectivity index (χ2v) is 8.88. The second kappa shape index (κ2) is 6.56. The van der Waals surface area contributed by atoms with Crippen LogP contribution in [0.5, 0.6) is 0 Å². The molecule has 0 saturated carbocycles. The minimum absolute atomic E-state index is 0.269. The van der Waals surface area contributed by atoms with Crippen molar-refractivity contribution in [2.24, 2.45) is 0 Å². The second-order valence-electron chi connectivity index (χ2n) is 7.23. The first-order valence-electron chi connectivity index (χ1n) is 9.09. The number of nitrogens with one attached hydrogen (secondary N) is 2. The topological polar surface area (TPSA) is 65.2 Å². The fourth-order valence-electron chi connectivity index (χ4n) is 3.66. The van der Waals surface area contributed by atoms with Gasteiger partial charge in [0.05, 0.1) is 16.1 Å². The third-order valence-electron chi connectivity index (χ3n) is 5.22. The maximum Gasteiger partial charge on any atom is 0.262 e. The van der Waals surface area contributed by atoms with Crippen molar-refractivity contribution in [2.75, 3.05) is 23.7 Å². The first-order chi connectivity index (χ1) is 13.3. The number of aromatic nitrogens is 1. The molecule has 6 heteroatoms. The van der Waals surface area contributed by atoms with Gasteiger partial charge in [-0.25, -0.2) is 8.42 Å². The molecule has 4 aromatic rings. The van der Waals surface area contributed by atoms with Gasteiger partial charge in [-0.1, -0.05) is 36.4 Å². The van der Waals surface area contributed by atoms with Crippen LogP contribution in [0.15, 0.2) is 59.5 Å². The Hall–Kier alpha value is -2.99. The van der Waals surface area contributed by atoms with E-state index in [-0.39, 0.29) is 4.90 Å². The summed E-state index contributed by atoms with van der Waals surface area (Å²) >= 11 is 0. The summed E-state index contributed by atoms with van der Waals surface area (Å²) in [5.41, 5.74) is 4.48. The fourth-order valence-corrected chi connectivity index (χ4v) is 4.95. The number of sulfonamides is 1. The lowest BCUT2D eigenvalue weighted by Gasteiger charge is -2.17. The fraction of sp³-hybridized carbons (Fsp3) is 0.182. The van der Waals surface area contributed by atoms with E-state index in [1.807, 2.05) is 69.2 Å². The molecule has 0 radical (unpaired) electrons. The highest BCUT2D eigenvalue weighted by Crippen LogP contribution is 2.33. The molecule has 1 heterocycles. The van der Waals surface area contributed by atoms with Crippen LogP contribution in [0.4, 0.5) is 11.4 Å². The number of anilines is 2. The standard InChI is InChI=1S/C22H23N3O2S/c1-14-15(2)23-22-16(14)8-5-11-19(22)24-28(26,27)21-13-7-9-17-18(21)10-6-12-20(17)25(3)4/h5-13,23-24H,1-4H3. The van der Waals surface area contributed by atoms with E-state index in [0.717, 1.165) is 33.2 Å². The highest BCUT2D eigenvalue weighted by molar-refractivity contribution is 7.93. The van der Waals surface area contributed by atoms with Crippen molar-refractivity contribution in [1.82, 2.24) is 4.98 Å². The average molecular weight is 394 g/mol. The molecule has 144 valence electrons. The van der Waals surface area contributed by atoms with Gasteiger partial charge in [-0.15, -0.1) is 0 Å². The van der Waals surface area contributed by atoms with Gasteiger partial charge in [0.25, 0.3) is 10.0 Å². The predicted octanol–water partition coefficient (Wildman–Crippen LogP) is 4.80. The third kappa shape index (κ3) is 2.90. The molecular formula is C22H23N3O2S. The van der Waals surface area contributed by atoms with Gasteiger partial charge in [0.1, 0.15) is 0 Å². The predicted molar refractivity (Wildman–Crippen MR) is 117 cm³/mol. The monoisotopic (exact) mass is 393 g/mol. The lowest BCUT2D eigenvalue weighted by atomic mass is 10.1. The highest BCUT2D eigenvalue weighted by Gasteiger charge is 2.20. The number of H-pyrrole nitrogens is 1. The first-order valence-corrected chi connectivity index (χ1v) is 10.6. The normalized spacial score (nSPS) is 11.9. The minimum atomic E-state index is -3.77. The summed E-state index contributed by atoms with van der Waals surface area (Å²) < 4.78 is 29.4. The van der Waals surface area contributed by atoms with Crippen LogP contribution in [0.1, 0.15) is 11.3 Å². The molecule has 2 N–H and O–H groups in total. The number of nitrogens with zero attached hydrogens (tertiary/aromatic N) is 1. The molecule has 0 fully saturated rings. The van der Waals surface area contributed by atoms with Crippen molar-refractivity contribution in [3.63, 3.8) is 0 Å². The van der Waals surface area contributed by atoms with Crippen molar-refractivity contribution >= 4 is 43.1 Å². The van der Waals surface area contributed by atoms with Crippen LogP contribution in [-0.4, -0.2) is 27.5 Å². The Morgan fingerprint density at radius 2 is 1.50 bits per heavy atom. The molecule has 0 spiro atoms. The van der Waals surface area contributed by atoms with Gasteiger partial charge in [-0.05, 0) is 37.6 Å². The molecule has 0 aliphatic heterocycles. The maximum absolute atomic E-state index is 13.3. The van der Waals surface area contributed by atoms with Crippen molar-refractivity contribution in [3.05, 3.63) is 65.9 Å². The largest absolute Gasteiger partial charge is 0.377 e. The molecule has 1 aromatic heterocycles. The third-order valence-corrected chi connectivity index (χ3v) is 6.64. The van der Waals surface area contributed by atoms with Gasteiger partial charge in [-0.2, -0.15) is 0 Å². The van der Waals surface area contributed by atoms with Crippen LogP contribution in [0.3, 0.4) is 0 Å². The SMILES string of the molecule is Cc1[nH]c2c(NS(=O)(=O)c3cccc4c(N(C)C)cccc34)cccc2c1C. The summed E-state index contributed by atoms with van der Waals surface area (Å²) in [6.45, 7) is 4.01. The van der Waals surface area contributed by atoms with Crippen LogP contribution in [0.25, 0.3) is 21.7 Å². The molecule has 0 bridgehead atoms. The van der Waals surface area contributed by atoms with Crippen LogP contribution in [-0.2, 0) is 10.0 Å².